The molecular weight excluding hydrogens is 382 g/mol. The van der Waals surface area contributed by atoms with E-state index in [1.807, 2.05) is 0 Å². The van der Waals surface area contributed by atoms with E-state index in [9.17, 15) is 22.4 Å². The zero-order chi connectivity index (χ0) is 19.6. The molecule has 3 rings (SSSR count). The van der Waals surface area contributed by atoms with E-state index < -0.39 is 23.3 Å². The normalized spacial score (nSPS) is 10.7. The summed E-state index contributed by atoms with van der Waals surface area (Å²) in [6.07, 6.45) is 2.01. The molecule has 0 saturated carbocycles. The largest absolute Gasteiger partial charge is 0.337 e. The first-order valence-corrected chi connectivity index (χ1v) is 8.74. The lowest BCUT2D eigenvalue weighted by molar-refractivity contribution is 0.112. The molecule has 0 saturated heterocycles. The van der Waals surface area contributed by atoms with Gasteiger partial charge in [0.2, 0.25) is 0 Å². The van der Waals surface area contributed by atoms with Crippen LogP contribution in [0.3, 0.4) is 0 Å². The number of benzene rings is 2. The summed E-state index contributed by atoms with van der Waals surface area (Å²) in [7, 11) is 0. The molecule has 138 valence electrons. The number of nitrogens with one attached hydrogen (secondary N) is 1. The van der Waals surface area contributed by atoms with Crippen molar-refractivity contribution < 1.29 is 22.4 Å². The molecule has 27 heavy (non-hydrogen) atoms. The van der Waals surface area contributed by atoms with Crippen LogP contribution in [0, 0.1) is 23.3 Å². The summed E-state index contributed by atoms with van der Waals surface area (Å²) in [6, 6.07) is 6.28. The fourth-order valence-electron chi connectivity index (χ4n) is 2.36. The Kier molecular flexibility index (Phi) is 5.41. The van der Waals surface area contributed by atoms with Gasteiger partial charge in [-0.15, -0.1) is 0 Å². The third-order valence-electron chi connectivity index (χ3n) is 3.62. The van der Waals surface area contributed by atoms with Crippen molar-refractivity contribution in [3.05, 3.63) is 65.2 Å². The topological polar surface area (TPSA) is 54.9 Å². The SMILES string of the molecule is CSc1nc(Nc2cccc(F)c2F)c(C=O)c(-c2ccc(F)cc2F)n1. The Labute approximate surface area is 155 Å². The third kappa shape index (κ3) is 3.77. The highest BCUT2D eigenvalue weighted by Crippen LogP contribution is 2.32. The second kappa shape index (κ2) is 7.75. The zero-order valence-corrected chi connectivity index (χ0v) is 14.6. The number of rotatable bonds is 5. The Bertz CT molecular complexity index is 1030. The summed E-state index contributed by atoms with van der Waals surface area (Å²) < 4.78 is 54.8. The summed E-state index contributed by atoms with van der Waals surface area (Å²) in [5, 5.41) is 2.69. The minimum atomic E-state index is -1.16. The smallest absolute Gasteiger partial charge is 0.189 e. The van der Waals surface area contributed by atoms with Gasteiger partial charge in [0, 0.05) is 11.6 Å². The van der Waals surface area contributed by atoms with Crippen LogP contribution < -0.4 is 5.32 Å². The molecule has 1 aromatic heterocycles. The minimum absolute atomic E-state index is 0.0961. The maximum atomic E-state index is 14.2. The van der Waals surface area contributed by atoms with Gasteiger partial charge in [-0.05, 0) is 30.5 Å². The predicted molar refractivity (Wildman–Crippen MR) is 94.2 cm³/mol. The number of hydrogen-bond acceptors (Lipinski definition) is 5. The summed E-state index contributed by atoms with van der Waals surface area (Å²) in [6.45, 7) is 0. The van der Waals surface area contributed by atoms with Gasteiger partial charge in [0.25, 0.3) is 0 Å². The van der Waals surface area contributed by atoms with Gasteiger partial charge in [0.1, 0.15) is 17.5 Å². The van der Waals surface area contributed by atoms with Crippen LogP contribution in [0.2, 0.25) is 0 Å². The number of thioether (sulfide) groups is 1. The van der Waals surface area contributed by atoms with Gasteiger partial charge >= 0.3 is 0 Å². The van der Waals surface area contributed by atoms with E-state index in [0.717, 1.165) is 30.0 Å². The molecule has 0 bridgehead atoms. The van der Waals surface area contributed by atoms with Crippen LogP contribution in [-0.2, 0) is 0 Å². The van der Waals surface area contributed by atoms with Gasteiger partial charge in [0.05, 0.1) is 16.9 Å². The number of hydrogen-bond donors (Lipinski definition) is 1. The highest BCUT2D eigenvalue weighted by Gasteiger charge is 2.20. The van der Waals surface area contributed by atoms with Crippen LogP contribution in [0.15, 0.2) is 41.6 Å². The molecule has 0 aliphatic carbocycles. The van der Waals surface area contributed by atoms with E-state index >= 15 is 0 Å². The maximum Gasteiger partial charge on any atom is 0.189 e. The molecule has 0 amide bonds. The van der Waals surface area contributed by atoms with E-state index in [1.165, 1.54) is 12.1 Å². The fraction of sp³-hybridized carbons (Fsp3) is 0.0556. The van der Waals surface area contributed by atoms with E-state index in [1.54, 1.807) is 6.26 Å². The van der Waals surface area contributed by atoms with Gasteiger partial charge in [-0.3, -0.25) is 4.79 Å². The number of carbonyl (C=O) groups is 1. The van der Waals surface area contributed by atoms with E-state index in [2.05, 4.69) is 15.3 Å². The number of halogens is 4. The summed E-state index contributed by atoms with van der Waals surface area (Å²) in [5.41, 5.74) is -0.656. The molecule has 0 radical (unpaired) electrons. The number of aldehydes is 1. The second-order valence-corrected chi connectivity index (χ2v) is 6.06. The van der Waals surface area contributed by atoms with Crippen LogP contribution in [0.1, 0.15) is 10.4 Å². The zero-order valence-electron chi connectivity index (χ0n) is 13.8. The van der Waals surface area contributed by atoms with Crippen molar-refractivity contribution in [1.82, 2.24) is 9.97 Å². The standard InChI is InChI=1S/C18H11F4N3OS/c1-27-18-24-16(10-6-5-9(19)7-13(10)21)11(8-26)17(25-18)23-14-4-2-3-12(20)15(14)22/h2-8H,1H3,(H,23,24,25). The molecule has 9 heteroatoms. The van der Waals surface area contributed by atoms with Crippen molar-refractivity contribution >= 4 is 29.6 Å². The van der Waals surface area contributed by atoms with Crippen LogP contribution in [0.25, 0.3) is 11.3 Å². The molecule has 3 aromatic rings. The van der Waals surface area contributed by atoms with Crippen molar-refractivity contribution in [2.45, 2.75) is 5.16 Å². The fourth-order valence-corrected chi connectivity index (χ4v) is 2.73. The van der Waals surface area contributed by atoms with Gasteiger partial charge in [-0.25, -0.2) is 27.5 Å². The van der Waals surface area contributed by atoms with Crippen LogP contribution >= 0.6 is 11.8 Å². The van der Waals surface area contributed by atoms with Crippen molar-refractivity contribution in [3.63, 3.8) is 0 Å². The second-order valence-electron chi connectivity index (χ2n) is 5.29. The number of aromatic nitrogens is 2. The lowest BCUT2D eigenvalue weighted by Gasteiger charge is -2.14. The molecule has 4 nitrogen and oxygen atoms in total. The molecule has 0 spiro atoms. The number of nitrogens with zero attached hydrogens (tertiary/aromatic N) is 2. The lowest BCUT2D eigenvalue weighted by atomic mass is 10.1. The molecule has 0 aliphatic heterocycles. The van der Waals surface area contributed by atoms with Gasteiger partial charge in [0.15, 0.2) is 23.1 Å². The average molecular weight is 393 g/mol. The summed E-state index contributed by atoms with van der Waals surface area (Å²) >= 11 is 1.10. The van der Waals surface area contributed by atoms with Crippen LogP contribution in [0.4, 0.5) is 29.1 Å². The Morgan fingerprint density at radius 1 is 1.04 bits per heavy atom. The van der Waals surface area contributed by atoms with E-state index in [-0.39, 0.29) is 33.5 Å². The summed E-state index contributed by atoms with van der Waals surface area (Å²) in [5.74, 6) is -4.09. The molecule has 2 aromatic carbocycles. The highest BCUT2D eigenvalue weighted by atomic mass is 32.2. The first-order valence-electron chi connectivity index (χ1n) is 7.52. The van der Waals surface area contributed by atoms with Gasteiger partial charge in [-0.1, -0.05) is 17.8 Å². The predicted octanol–water partition coefficient (Wildman–Crippen LogP) is 4.98. The third-order valence-corrected chi connectivity index (χ3v) is 4.16. The van der Waals surface area contributed by atoms with E-state index in [0.29, 0.717) is 12.4 Å². The Hall–Kier alpha value is -2.94. The first-order chi connectivity index (χ1) is 12.9. The van der Waals surface area contributed by atoms with Crippen molar-refractivity contribution in [2.24, 2.45) is 0 Å². The number of anilines is 2. The monoisotopic (exact) mass is 393 g/mol. The van der Waals surface area contributed by atoms with Crippen LogP contribution in [-0.4, -0.2) is 22.5 Å². The highest BCUT2D eigenvalue weighted by molar-refractivity contribution is 7.98. The molecular formula is C18H11F4N3OS. The van der Waals surface area contributed by atoms with Crippen molar-refractivity contribution in [1.29, 1.82) is 0 Å². The average Bonchev–Trinajstić information content (AvgIpc) is 2.65. The summed E-state index contributed by atoms with van der Waals surface area (Å²) in [4.78, 5) is 19.9. The minimum Gasteiger partial charge on any atom is -0.337 e. The molecule has 0 atom stereocenters. The van der Waals surface area contributed by atoms with E-state index in [4.69, 9.17) is 0 Å². The molecule has 1 heterocycles. The van der Waals surface area contributed by atoms with Gasteiger partial charge < -0.3 is 5.32 Å². The van der Waals surface area contributed by atoms with Crippen LogP contribution in [0.5, 0.6) is 0 Å². The first kappa shape index (κ1) is 18.8. The van der Waals surface area contributed by atoms with Gasteiger partial charge in [-0.2, -0.15) is 0 Å². The Morgan fingerprint density at radius 3 is 2.48 bits per heavy atom. The Morgan fingerprint density at radius 2 is 1.81 bits per heavy atom. The lowest BCUT2D eigenvalue weighted by Crippen LogP contribution is -2.07. The maximum absolute atomic E-state index is 14.2. The van der Waals surface area contributed by atoms with Crippen molar-refractivity contribution in [2.75, 3.05) is 11.6 Å². The quantitative estimate of drug-likeness (QED) is 0.287. The number of carbonyl (C=O) groups excluding carboxylic acids is 1. The molecule has 0 aliphatic rings. The molecule has 1 N–H and O–H groups in total. The Balaban J connectivity index is 2.19. The molecule has 0 fully saturated rings. The molecule has 0 unspecified atom stereocenters. The van der Waals surface area contributed by atoms with Crippen molar-refractivity contribution in [3.8, 4) is 11.3 Å².